The number of nitrogens with one attached hydrogen (secondary N) is 1. The van der Waals surface area contributed by atoms with E-state index >= 15 is 0 Å². The number of thioether (sulfide) groups is 1. The van der Waals surface area contributed by atoms with Crippen molar-refractivity contribution in [3.8, 4) is 0 Å². The van der Waals surface area contributed by atoms with E-state index in [0.29, 0.717) is 12.3 Å². The van der Waals surface area contributed by atoms with Crippen LogP contribution in [0.25, 0.3) is 0 Å². The van der Waals surface area contributed by atoms with Crippen LogP contribution in [0.4, 0.5) is 5.13 Å². The molecule has 5 heteroatoms. The highest BCUT2D eigenvalue weighted by atomic mass is 32.2. The van der Waals surface area contributed by atoms with Crippen LogP contribution in [-0.2, 0) is 4.79 Å². The predicted octanol–water partition coefficient (Wildman–Crippen LogP) is 3.55. The molecule has 1 heterocycles. The van der Waals surface area contributed by atoms with Crippen LogP contribution >= 0.6 is 23.1 Å². The van der Waals surface area contributed by atoms with Crippen molar-refractivity contribution in [2.45, 2.75) is 37.8 Å². The largest absolute Gasteiger partial charge is 0.302 e. The molecule has 16 heavy (non-hydrogen) atoms. The minimum absolute atomic E-state index is 0.0649. The van der Waals surface area contributed by atoms with Gasteiger partial charge in [0.05, 0.1) is 9.90 Å². The van der Waals surface area contributed by atoms with Gasteiger partial charge in [0.15, 0.2) is 5.13 Å². The Balaban J connectivity index is 2.49. The fraction of sp³-hybridized carbons (Fsp3) is 0.636. The Morgan fingerprint density at radius 3 is 2.75 bits per heavy atom. The van der Waals surface area contributed by atoms with Gasteiger partial charge in [0.1, 0.15) is 0 Å². The minimum Gasteiger partial charge on any atom is -0.302 e. The number of thiazole rings is 1. The molecule has 1 rings (SSSR count). The Morgan fingerprint density at radius 2 is 2.25 bits per heavy atom. The molecule has 0 saturated heterocycles. The van der Waals surface area contributed by atoms with Gasteiger partial charge in [0.25, 0.3) is 0 Å². The summed E-state index contributed by atoms with van der Waals surface area (Å²) in [6.45, 7) is 6.20. The summed E-state index contributed by atoms with van der Waals surface area (Å²) in [6.07, 6.45) is 3.52. The van der Waals surface area contributed by atoms with Crippen molar-refractivity contribution in [1.82, 2.24) is 4.98 Å². The third-order valence-corrected chi connectivity index (χ3v) is 4.42. The summed E-state index contributed by atoms with van der Waals surface area (Å²) >= 11 is 3.21. The average Bonchev–Trinajstić information content (AvgIpc) is 2.55. The van der Waals surface area contributed by atoms with Gasteiger partial charge in [-0.1, -0.05) is 25.2 Å². The van der Waals surface area contributed by atoms with Crippen molar-refractivity contribution >= 4 is 34.1 Å². The predicted molar refractivity (Wildman–Crippen MR) is 71.3 cm³/mol. The maximum atomic E-state index is 11.6. The number of hydrogen-bond donors (Lipinski definition) is 1. The second kappa shape index (κ2) is 6.25. The second-order valence-corrected chi connectivity index (χ2v) is 6.15. The molecule has 1 aromatic heterocycles. The van der Waals surface area contributed by atoms with Gasteiger partial charge in [0, 0.05) is 6.42 Å². The summed E-state index contributed by atoms with van der Waals surface area (Å²) in [7, 11) is 0. The van der Waals surface area contributed by atoms with Gasteiger partial charge in [-0.15, -0.1) is 11.8 Å². The van der Waals surface area contributed by atoms with E-state index in [1.54, 1.807) is 23.1 Å². The van der Waals surface area contributed by atoms with Crippen molar-refractivity contribution in [2.75, 3.05) is 11.6 Å². The smallest absolute Gasteiger partial charge is 0.226 e. The number of carbonyl (C=O) groups excluding carboxylic acids is 1. The summed E-state index contributed by atoms with van der Waals surface area (Å²) in [6, 6.07) is 0. The first kappa shape index (κ1) is 13.5. The van der Waals surface area contributed by atoms with E-state index in [1.807, 2.05) is 13.2 Å². The first-order chi connectivity index (χ1) is 7.52. The fourth-order valence-electron chi connectivity index (χ4n) is 1.23. The molecule has 0 aliphatic rings. The molecule has 0 unspecified atom stereocenters. The molecule has 1 amide bonds. The van der Waals surface area contributed by atoms with Crippen LogP contribution in [-0.4, -0.2) is 17.1 Å². The van der Waals surface area contributed by atoms with Crippen molar-refractivity contribution in [3.05, 3.63) is 5.69 Å². The van der Waals surface area contributed by atoms with Crippen LogP contribution in [0.3, 0.4) is 0 Å². The highest BCUT2D eigenvalue weighted by molar-refractivity contribution is 8.00. The number of amides is 1. The van der Waals surface area contributed by atoms with E-state index in [4.69, 9.17) is 0 Å². The Labute approximate surface area is 105 Å². The summed E-state index contributed by atoms with van der Waals surface area (Å²) < 4.78 is 1.17. The van der Waals surface area contributed by atoms with Gasteiger partial charge in [-0.2, -0.15) is 0 Å². The van der Waals surface area contributed by atoms with E-state index < -0.39 is 0 Å². The van der Waals surface area contributed by atoms with Crippen LogP contribution in [0.2, 0.25) is 0 Å². The van der Waals surface area contributed by atoms with E-state index in [-0.39, 0.29) is 5.91 Å². The molecule has 0 aliphatic carbocycles. The zero-order valence-corrected chi connectivity index (χ0v) is 11.8. The molecular weight excluding hydrogens is 240 g/mol. The number of aryl methyl sites for hydroxylation is 1. The van der Waals surface area contributed by atoms with Gasteiger partial charge in [0.2, 0.25) is 5.91 Å². The van der Waals surface area contributed by atoms with Crippen LogP contribution < -0.4 is 5.32 Å². The van der Waals surface area contributed by atoms with Gasteiger partial charge in [-0.25, -0.2) is 4.98 Å². The first-order valence-electron chi connectivity index (χ1n) is 5.34. The molecule has 0 bridgehead atoms. The molecule has 0 radical (unpaired) electrons. The van der Waals surface area contributed by atoms with E-state index in [1.165, 1.54) is 4.21 Å². The standard InChI is InChI=1S/C11H18N2OS2/c1-7(2)5-6-9(14)13-11-12-8(3)10(15-4)16-11/h7H,5-6H2,1-4H3,(H,12,13,14). The van der Waals surface area contributed by atoms with Crippen LogP contribution in [0.5, 0.6) is 0 Å². The maximum Gasteiger partial charge on any atom is 0.226 e. The Morgan fingerprint density at radius 1 is 1.56 bits per heavy atom. The SMILES string of the molecule is CSc1sc(NC(=O)CCC(C)C)nc1C. The Kier molecular flexibility index (Phi) is 5.28. The third kappa shape index (κ3) is 4.14. The number of anilines is 1. The number of carbonyl (C=O) groups is 1. The molecule has 0 fully saturated rings. The normalized spacial score (nSPS) is 10.8. The lowest BCUT2D eigenvalue weighted by molar-refractivity contribution is -0.116. The summed E-state index contributed by atoms with van der Waals surface area (Å²) in [5.41, 5.74) is 0.997. The van der Waals surface area contributed by atoms with Gasteiger partial charge >= 0.3 is 0 Å². The average molecular weight is 258 g/mol. The lowest BCUT2D eigenvalue weighted by Crippen LogP contribution is -2.11. The van der Waals surface area contributed by atoms with Crippen molar-refractivity contribution in [3.63, 3.8) is 0 Å². The Bertz CT molecular complexity index is 361. The molecule has 0 aliphatic heterocycles. The number of nitrogens with zero attached hydrogens (tertiary/aromatic N) is 1. The monoisotopic (exact) mass is 258 g/mol. The molecule has 0 saturated carbocycles. The minimum atomic E-state index is 0.0649. The first-order valence-corrected chi connectivity index (χ1v) is 7.38. The molecule has 0 atom stereocenters. The molecule has 1 aromatic rings. The highest BCUT2D eigenvalue weighted by Crippen LogP contribution is 2.30. The maximum absolute atomic E-state index is 11.6. The van der Waals surface area contributed by atoms with Crippen LogP contribution in [0.15, 0.2) is 4.21 Å². The third-order valence-electron chi connectivity index (χ3n) is 2.13. The fourth-order valence-corrected chi connectivity index (χ4v) is 2.85. The topological polar surface area (TPSA) is 42.0 Å². The van der Waals surface area contributed by atoms with Crippen molar-refractivity contribution in [1.29, 1.82) is 0 Å². The molecule has 0 spiro atoms. The van der Waals surface area contributed by atoms with Gasteiger partial charge in [-0.3, -0.25) is 4.79 Å². The van der Waals surface area contributed by atoms with E-state index in [2.05, 4.69) is 24.1 Å². The Hall–Kier alpha value is -0.550. The zero-order valence-electron chi connectivity index (χ0n) is 10.2. The quantitative estimate of drug-likeness (QED) is 0.821. The van der Waals surface area contributed by atoms with E-state index in [0.717, 1.165) is 17.2 Å². The highest BCUT2D eigenvalue weighted by Gasteiger charge is 2.09. The van der Waals surface area contributed by atoms with E-state index in [9.17, 15) is 4.79 Å². The molecule has 90 valence electrons. The molecular formula is C11H18N2OS2. The molecule has 0 aromatic carbocycles. The molecule has 1 N–H and O–H groups in total. The second-order valence-electron chi connectivity index (χ2n) is 4.08. The summed E-state index contributed by atoms with van der Waals surface area (Å²) in [5, 5.41) is 3.57. The summed E-state index contributed by atoms with van der Waals surface area (Å²) in [4.78, 5) is 15.9. The number of aromatic nitrogens is 1. The number of rotatable bonds is 5. The zero-order chi connectivity index (χ0) is 12.1. The molecule has 3 nitrogen and oxygen atoms in total. The van der Waals surface area contributed by atoms with Gasteiger partial charge in [-0.05, 0) is 25.5 Å². The number of hydrogen-bond acceptors (Lipinski definition) is 4. The van der Waals surface area contributed by atoms with Crippen molar-refractivity contribution in [2.24, 2.45) is 5.92 Å². The van der Waals surface area contributed by atoms with Crippen LogP contribution in [0, 0.1) is 12.8 Å². The summed E-state index contributed by atoms with van der Waals surface area (Å²) in [5.74, 6) is 0.626. The van der Waals surface area contributed by atoms with Gasteiger partial charge < -0.3 is 5.32 Å². The lowest BCUT2D eigenvalue weighted by Gasteiger charge is -2.03. The lowest BCUT2D eigenvalue weighted by atomic mass is 10.1. The van der Waals surface area contributed by atoms with Crippen LogP contribution in [0.1, 0.15) is 32.4 Å². The van der Waals surface area contributed by atoms with Crippen molar-refractivity contribution < 1.29 is 4.79 Å².